The molecule has 0 aromatic heterocycles. The predicted octanol–water partition coefficient (Wildman–Crippen LogP) is 1.73. The lowest BCUT2D eigenvalue weighted by atomic mass is 9.88. The van der Waals surface area contributed by atoms with E-state index in [1.807, 2.05) is 7.05 Å². The Kier molecular flexibility index (Phi) is 7.14. The Morgan fingerprint density at radius 3 is 2.27 bits per heavy atom. The molecule has 0 aliphatic carbocycles. The van der Waals surface area contributed by atoms with E-state index in [1.54, 1.807) is 0 Å². The number of hydrogen-bond donors (Lipinski definition) is 1. The first-order valence-electron chi connectivity index (χ1n) is 5.95. The summed E-state index contributed by atoms with van der Waals surface area (Å²) in [7, 11) is 6.28. The highest BCUT2D eigenvalue weighted by Crippen LogP contribution is 2.21. The molecule has 0 aromatic carbocycles. The van der Waals surface area contributed by atoms with Crippen LogP contribution in [0, 0.1) is 0 Å². The van der Waals surface area contributed by atoms with Crippen molar-refractivity contribution >= 4 is 0 Å². The van der Waals surface area contributed by atoms with Gasteiger partial charge in [-0.25, -0.2) is 0 Å². The van der Waals surface area contributed by atoms with Crippen molar-refractivity contribution in [2.45, 2.75) is 45.2 Å². The maximum absolute atomic E-state index is 5.64. The van der Waals surface area contributed by atoms with Gasteiger partial charge in [0.15, 0.2) is 0 Å². The smallest absolute Gasteiger partial charge is 0.0637 e. The fourth-order valence-electron chi connectivity index (χ4n) is 1.79. The van der Waals surface area contributed by atoms with Gasteiger partial charge in [-0.1, -0.05) is 13.8 Å². The third kappa shape index (κ3) is 4.09. The molecule has 0 aromatic rings. The minimum Gasteiger partial charge on any atom is -0.380 e. The minimum atomic E-state index is 0.155. The van der Waals surface area contributed by atoms with Gasteiger partial charge in [0.05, 0.1) is 6.61 Å². The Morgan fingerprint density at radius 1 is 1.33 bits per heavy atom. The molecule has 0 rings (SSSR count). The summed E-state index contributed by atoms with van der Waals surface area (Å²) in [4.78, 5) is 2.28. The Morgan fingerprint density at radius 2 is 1.93 bits per heavy atom. The standard InChI is InChI=1S/C12H28N2O/c1-7-9-15-10-11(13-4)12(3,8-2)14(5)6/h11,13H,7-10H2,1-6H3. The van der Waals surface area contributed by atoms with E-state index in [0.29, 0.717) is 6.04 Å². The highest BCUT2D eigenvalue weighted by atomic mass is 16.5. The molecule has 1 N–H and O–H groups in total. The average molecular weight is 216 g/mol. The molecule has 0 saturated heterocycles. The summed E-state index contributed by atoms with van der Waals surface area (Å²) >= 11 is 0. The molecular formula is C12H28N2O. The molecule has 0 fully saturated rings. The SMILES string of the molecule is CCCOCC(NC)C(C)(CC)N(C)C. The summed E-state index contributed by atoms with van der Waals surface area (Å²) in [6, 6.07) is 0.379. The summed E-state index contributed by atoms with van der Waals surface area (Å²) in [6.45, 7) is 8.28. The number of rotatable bonds is 8. The van der Waals surface area contributed by atoms with Crippen molar-refractivity contribution in [2.24, 2.45) is 0 Å². The van der Waals surface area contributed by atoms with Crippen LogP contribution in [0.3, 0.4) is 0 Å². The summed E-state index contributed by atoms with van der Waals surface area (Å²) in [6.07, 6.45) is 2.20. The molecule has 0 spiro atoms. The number of likely N-dealkylation sites (N-methyl/N-ethyl adjacent to an activating group) is 2. The van der Waals surface area contributed by atoms with Crippen LogP contribution in [0.4, 0.5) is 0 Å². The van der Waals surface area contributed by atoms with Crippen molar-refractivity contribution < 1.29 is 4.74 Å². The average Bonchev–Trinajstić information content (AvgIpc) is 2.23. The lowest BCUT2D eigenvalue weighted by Crippen LogP contribution is -2.58. The van der Waals surface area contributed by atoms with Crippen molar-refractivity contribution in [2.75, 3.05) is 34.4 Å². The zero-order valence-corrected chi connectivity index (χ0v) is 11.3. The minimum absolute atomic E-state index is 0.155. The molecule has 15 heavy (non-hydrogen) atoms. The first-order chi connectivity index (χ1) is 7.02. The summed E-state index contributed by atoms with van der Waals surface area (Å²) in [5, 5.41) is 3.37. The molecule has 2 atom stereocenters. The van der Waals surface area contributed by atoms with E-state index in [-0.39, 0.29) is 5.54 Å². The summed E-state index contributed by atoms with van der Waals surface area (Å²) in [5.74, 6) is 0. The van der Waals surface area contributed by atoms with E-state index in [4.69, 9.17) is 4.74 Å². The molecule has 2 unspecified atom stereocenters. The molecule has 0 radical (unpaired) electrons. The molecule has 0 heterocycles. The second kappa shape index (κ2) is 7.20. The summed E-state index contributed by atoms with van der Waals surface area (Å²) in [5.41, 5.74) is 0.155. The van der Waals surface area contributed by atoms with Gasteiger partial charge in [-0.2, -0.15) is 0 Å². The fourth-order valence-corrected chi connectivity index (χ4v) is 1.79. The van der Waals surface area contributed by atoms with Crippen LogP contribution < -0.4 is 5.32 Å². The number of nitrogens with zero attached hydrogens (tertiary/aromatic N) is 1. The molecule has 0 saturated carbocycles. The van der Waals surface area contributed by atoms with E-state index in [1.165, 1.54) is 0 Å². The van der Waals surface area contributed by atoms with Crippen molar-refractivity contribution in [1.82, 2.24) is 10.2 Å². The lowest BCUT2D eigenvalue weighted by Gasteiger charge is -2.42. The second-order valence-electron chi connectivity index (χ2n) is 4.52. The van der Waals surface area contributed by atoms with E-state index in [0.717, 1.165) is 26.1 Å². The van der Waals surface area contributed by atoms with Crippen LogP contribution in [0.25, 0.3) is 0 Å². The molecule has 3 heteroatoms. The van der Waals surface area contributed by atoms with Crippen LogP contribution in [0.15, 0.2) is 0 Å². The zero-order valence-electron chi connectivity index (χ0n) is 11.3. The van der Waals surface area contributed by atoms with E-state index in [2.05, 4.69) is 45.1 Å². The van der Waals surface area contributed by atoms with Gasteiger partial charge in [0, 0.05) is 18.2 Å². The van der Waals surface area contributed by atoms with Crippen molar-refractivity contribution in [3.05, 3.63) is 0 Å². The van der Waals surface area contributed by atoms with Gasteiger partial charge in [0.1, 0.15) is 0 Å². The maximum atomic E-state index is 5.64. The summed E-state index contributed by atoms with van der Waals surface area (Å²) < 4.78 is 5.64. The fraction of sp³-hybridized carbons (Fsp3) is 1.00. The Hall–Kier alpha value is -0.120. The van der Waals surface area contributed by atoms with Crippen LogP contribution in [0.5, 0.6) is 0 Å². The first-order valence-corrected chi connectivity index (χ1v) is 5.95. The Balaban J connectivity index is 4.33. The zero-order chi connectivity index (χ0) is 11.9. The maximum Gasteiger partial charge on any atom is 0.0637 e. The van der Waals surface area contributed by atoms with Gasteiger partial charge >= 0.3 is 0 Å². The molecule has 0 bridgehead atoms. The lowest BCUT2D eigenvalue weighted by molar-refractivity contribution is 0.0402. The molecule has 3 nitrogen and oxygen atoms in total. The van der Waals surface area contributed by atoms with E-state index >= 15 is 0 Å². The second-order valence-corrected chi connectivity index (χ2v) is 4.52. The van der Waals surface area contributed by atoms with Gasteiger partial charge in [-0.15, -0.1) is 0 Å². The van der Waals surface area contributed by atoms with Gasteiger partial charge < -0.3 is 15.0 Å². The number of nitrogens with one attached hydrogen (secondary N) is 1. The highest BCUT2D eigenvalue weighted by molar-refractivity contribution is 4.93. The topological polar surface area (TPSA) is 24.5 Å². The monoisotopic (exact) mass is 216 g/mol. The van der Waals surface area contributed by atoms with Crippen LogP contribution >= 0.6 is 0 Å². The van der Waals surface area contributed by atoms with Crippen molar-refractivity contribution in [3.8, 4) is 0 Å². The molecule has 0 aliphatic heterocycles. The molecule has 0 amide bonds. The highest BCUT2D eigenvalue weighted by Gasteiger charge is 2.33. The van der Waals surface area contributed by atoms with Gasteiger partial charge in [0.25, 0.3) is 0 Å². The van der Waals surface area contributed by atoms with E-state index < -0.39 is 0 Å². The largest absolute Gasteiger partial charge is 0.380 e. The van der Waals surface area contributed by atoms with Gasteiger partial charge in [-0.3, -0.25) is 0 Å². The Labute approximate surface area is 95.2 Å². The number of hydrogen-bond acceptors (Lipinski definition) is 3. The van der Waals surface area contributed by atoms with Crippen LogP contribution in [-0.4, -0.2) is 50.8 Å². The molecular weight excluding hydrogens is 188 g/mol. The Bertz CT molecular complexity index is 162. The van der Waals surface area contributed by atoms with Gasteiger partial charge in [0.2, 0.25) is 0 Å². The first kappa shape index (κ1) is 14.9. The van der Waals surface area contributed by atoms with Crippen LogP contribution in [0.2, 0.25) is 0 Å². The normalized spacial score (nSPS) is 17.8. The van der Waals surface area contributed by atoms with Crippen LogP contribution in [0.1, 0.15) is 33.6 Å². The van der Waals surface area contributed by atoms with E-state index in [9.17, 15) is 0 Å². The third-order valence-corrected chi connectivity index (χ3v) is 3.47. The predicted molar refractivity (Wildman–Crippen MR) is 66.3 cm³/mol. The molecule has 0 aliphatic rings. The van der Waals surface area contributed by atoms with Crippen LogP contribution in [-0.2, 0) is 4.74 Å². The quantitative estimate of drug-likeness (QED) is 0.625. The van der Waals surface area contributed by atoms with Crippen molar-refractivity contribution in [3.63, 3.8) is 0 Å². The van der Waals surface area contributed by atoms with Crippen molar-refractivity contribution in [1.29, 1.82) is 0 Å². The number of ether oxygens (including phenoxy) is 1. The third-order valence-electron chi connectivity index (χ3n) is 3.47. The van der Waals surface area contributed by atoms with Gasteiger partial charge in [-0.05, 0) is 40.9 Å². The molecule has 92 valence electrons.